The molecule has 3 N–H and O–H groups in total. The van der Waals surface area contributed by atoms with E-state index in [1.165, 1.54) is 11.8 Å². The van der Waals surface area contributed by atoms with Gasteiger partial charge in [-0.15, -0.1) is 11.8 Å². The molecule has 104 valence electrons. The highest BCUT2D eigenvalue weighted by molar-refractivity contribution is 9.10. The minimum atomic E-state index is -0.0286. The summed E-state index contributed by atoms with van der Waals surface area (Å²) in [4.78, 5) is 12.9. The van der Waals surface area contributed by atoms with Gasteiger partial charge in [0.1, 0.15) is 0 Å². The third-order valence-electron chi connectivity index (χ3n) is 2.67. The fraction of sp³-hybridized carbons (Fsp3) is 0.133. The first-order valence-corrected chi connectivity index (χ1v) is 7.87. The Hall–Kier alpha value is -1.46. The zero-order valence-corrected chi connectivity index (χ0v) is 13.4. The molecule has 0 spiro atoms. The Kier molecular flexibility index (Phi) is 5.09. The number of benzene rings is 2. The van der Waals surface area contributed by atoms with Crippen molar-refractivity contribution in [2.75, 3.05) is 16.8 Å². The second kappa shape index (κ2) is 6.81. The molecule has 0 atom stereocenters. The number of thioether (sulfide) groups is 1. The Morgan fingerprint density at radius 2 is 2.10 bits per heavy atom. The van der Waals surface area contributed by atoms with Crippen LogP contribution in [0.15, 0.2) is 51.8 Å². The summed E-state index contributed by atoms with van der Waals surface area (Å²) < 4.78 is 1.03. The van der Waals surface area contributed by atoms with E-state index in [9.17, 15) is 4.79 Å². The number of anilines is 2. The molecule has 0 aliphatic rings. The highest BCUT2D eigenvalue weighted by Gasteiger charge is 2.05. The number of carbonyl (C=O) groups is 1. The molecule has 0 unspecified atom stereocenters. The molecule has 20 heavy (non-hydrogen) atoms. The van der Waals surface area contributed by atoms with Gasteiger partial charge in [0, 0.05) is 20.7 Å². The molecule has 0 saturated heterocycles. The van der Waals surface area contributed by atoms with E-state index in [1.807, 2.05) is 49.4 Å². The van der Waals surface area contributed by atoms with Crippen LogP contribution in [0.25, 0.3) is 0 Å². The van der Waals surface area contributed by atoms with Crippen molar-refractivity contribution >= 4 is 45.0 Å². The van der Waals surface area contributed by atoms with Crippen molar-refractivity contribution in [3.8, 4) is 0 Å². The molecule has 0 saturated carbocycles. The SMILES string of the molecule is Cc1cc(NC(=O)CSc2cccc(N)c2)ccc1Br. The van der Waals surface area contributed by atoms with Crippen molar-refractivity contribution in [1.29, 1.82) is 0 Å². The highest BCUT2D eigenvalue weighted by Crippen LogP contribution is 2.22. The lowest BCUT2D eigenvalue weighted by molar-refractivity contribution is -0.113. The molecule has 2 aromatic carbocycles. The summed E-state index contributed by atoms with van der Waals surface area (Å²) in [5, 5.41) is 2.88. The number of nitrogens with one attached hydrogen (secondary N) is 1. The lowest BCUT2D eigenvalue weighted by Gasteiger charge is -2.07. The van der Waals surface area contributed by atoms with Crippen LogP contribution in [-0.2, 0) is 4.79 Å². The van der Waals surface area contributed by atoms with Gasteiger partial charge in [0.05, 0.1) is 5.75 Å². The molecule has 0 fully saturated rings. The smallest absolute Gasteiger partial charge is 0.234 e. The second-order valence-corrected chi connectivity index (χ2v) is 6.28. The molecular formula is C15H15BrN2OS. The minimum absolute atomic E-state index is 0.0286. The number of halogens is 1. The van der Waals surface area contributed by atoms with Crippen molar-refractivity contribution in [1.82, 2.24) is 0 Å². The Morgan fingerprint density at radius 3 is 2.80 bits per heavy atom. The van der Waals surface area contributed by atoms with Crippen molar-refractivity contribution in [3.63, 3.8) is 0 Å². The zero-order valence-electron chi connectivity index (χ0n) is 11.0. The van der Waals surface area contributed by atoms with Crippen LogP contribution in [0.1, 0.15) is 5.56 Å². The first kappa shape index (κ1) is 14.9. The lowest BCUT2D eigenvalue weighted by atomic mass is 10.2. The fourth-order valence-corrected chi connectivity index (χ4v) is 2.68. The standard InChI is InChI=1S/C15H15BrN2OS/c1-10-7-12(5-6-14(10)16)18-15(19)9-20-13-4-2-3-11(17)8-13/h2-8H,9,17H2,1H3,(H,18,19). The number of aryl methyl sites for hydroxylation is 1. The van der Waals surface area contributed by atoms with Gasteiger partial charge in [-0.1, -0.05) is 22.0 Å². The van der Waals surface area contributed by atoms with Gasteiger partial charge < -0.3 is 11.1 Å². The summed E-state index contributed by atoms with van der Waals surface area (Å²) in [6, 6.07) is 13.3. The van der Waals surface area contributed by atoms with E-state index in [4.69, 9.17) is 5.73 Å². The molecule has 0 aromatic heterocycles. The van der Waals surface area contributed by atoms with Gasteiger partial charge in [-0.05, 0) is 48.9 Å². The van der Waals surface area contributed by atoms with E-state index in [-0.39, 0.29) is 5.91 Å². The van der Waals surface area contributed by atoms with Gasteiger partial charge in [-0.25, -0.2) is 0 Å². The first-order chi connectivity index (χ1) is 9.54. The summed E-state index contributed by atoms with van der Waals surface area (Å²) in [6.07, 6.45) is 0. The molecular weight excluding hydrogens is 336 g/mol. The number of nitrogen functional groups attached to an aromatic ring is 1. The predicted molar refractivity (Wildman–Crippen MR) is 89.1 cm³/mol. The summed E-state index contributed by atoms with van der Waals surface area (Å²) in [5.41, 5.74) is 8.31. The predicted octanol–water partition coefficient (Wildman–Crippen LogP) is 4.07. The molecule has 2 rings (SSSR count). The highest BCUT2D eigenvalue weighted by atomic mass is 79.9. The van der Waals surface area contributed by atoms with Gasteiger partial charge in [0.2, 0.25) is 5.91 Å². The third-order valence-corrected chi connectivity index (χ3v) is 4.55. The van der Waals surface area contributed by atoms with Crippen molar-refractivity contribution in [2.24, 2.45) is 0 Å². The van der Waals surface area contributed by atoms with Crippen molar-refractivity contribution in [3.05, 3.63) is 52.5 Å². The van der Waals surface area contributed by atoms with Crippen LogP contribution in [0.3, 0.4) is 0 Å². The monoisotopic (exact) mass is 350 g/mol. The molecule has 0 bridgehead atoms. The van der Waals surface area contributed by atoms with Crippen LogP contribution in [-0.4, -0.2) is 11.7 Å². The second-order valence-electron chi connectivity index (χ2n) is 4.37. The van der Waals surface area contributed by atoms with Crippen molar-refractivity contribution in [2.45, 2.75) is 11.8 Å². The van der Waals surface area contributed by atoms with Crippen molar-refractivity contribution < 1.29 is 4.79 Å². The number of amides is 1. The number of carbonyl (C=O) groups excluding carboxylic acids is 1. The molecule has 1 amide bonds. The summed E-state index contributed by atoms with van der Waals surface area (Å²) in [7, 11) is 0. The maximum absolute atomic E-state index is 11.9. The van der Waals surface area contributed by atoms with Crippen LogP contribution in [0.2, 0.25) is 0 Å². The molecule has 2 aromatic rings. The average Bonchev–Trinajstić information content (AvgIpc) is 2.41. The molecule has 3 nitrogen and oxygen atoms in total. The van der Waals surface area contributed by atoms with E-state index in [0.29, 0.717) is 11.4 Å². The Balaban J connectivity index is 1.91. The average molecular weight is 351 g/mol. The summed E-state index contributed by atoms with van der Waals surface area (Å²) in [6.45, 7) is 1.99. The molecule has 0 aliphatic heterocycles. The first-order valence-electron chi connectivity index (χ1n) is 6.09. The van der Waals surface area contributed by atoms with Crippen LogP contribution in [0.4, 0.5) is 11.4 Å². The van der Waals surface area contributed by atoms with E-state index in [2.05, 4.69) is 21.2 Å². The normalized spacial score (nSPS) is 10.3. The quantitative estimate of drug-likeness (QED) is 0.645. The minimum Gasteiger partial charge on any atom is -0.399 e. The van der Waals surface area contributed by atoms with Crippen LogP contribution >= 0.6 is 27.7 Å². The largest absolute Gasteiger partial charge is 0.399 e. The van der Waals surface area contributed by atoms with E-state index in [0.717, 1.165) is 20.6 Å². The maximum atomic E-state index is 11.9. The number of nitrogens with two attached hydrogens (primary N) is 1. The Bertz CT molecular complexity index is 631. The topological polar surface area (TPSA) is 55.1 Å². The molecule has 5 heteroatoms. The maximum Gasteiger partial charge on any atom is 0.234 e. The summed E-state index contributed by atoms with van der Waals surface area (Å²) in [5.74, 6) is 0.331. The summed E-state index contributed by atoms with van der Waals surface area (Å²) >= 11 is 4.90. The van der Waals surface area contributed by atoms with E-state index < -0.39 is 0 Å². The number of hydrogen-bond acceptors (Lipinski definition) is 3. The van der Waals surface area contributed by atoms with Crippen LogP contribution in [0.5, 0.6) is 0 Å². The van der Waals surface area contributed by atoms with Gasteiger partial charge in [-0.3, -0.25) is 4.79 Å². The Morgan fingerprint density at radius 1 is 1.30 bits per heavy atom. The van der Waals surface area contributed by atoms with Gasteiger partial charge in [0.15, 0.2) is 0 Å². The van der Waals surface area contributed by atoms with Gasteiger partial charge in [-0.2, -0.15) is 0 Å². The molecule has 0 radical (unpaired) electrons. The van der Waals surface area contributed by atoms with Crippen LogP contribution in [0, 0.1) is 6.92 Å². The Labute approximate surface area is 131 Å². The van der Waals surface area contributed by atoms with Gasteiger partial charge >= 0.3 is 0 Å². The number of hydrogen-bond donors (Lipinski definition) is 2. The zero-order chi connectivity index (χ0) is 14.5. The van der Waals surface area contributed by atoms with Crippen LogP contribution < -0.4 is 11.1 Å². The van der Waals surface area contributed by atoms with E-state index in [1.54, 1.807) is 0 Å². The lowest BCUT2D eigenvalue weighted by Crippen LogP contribution is -2.14. The molecule has 0 aliphatic carbocycles. The van der Waals surface area contributed by atoms with E-state index >= 15 is 0 Å². The fourth-order valence-electron chi connectivity index (χ4n) is 1.67. The third kappa shape index (κ3) is 4.28. The van der Waals surface area contributed by atoms with Gasteiger partial charge in [0.25, 0.3) is 0 Å². The number of rotatable bonds is 4. The molecule has 0 heterocycles.